The maximum Gasteiger partial charge on any atom is 0.185 e. The highest BCUT2D eigenvalue weighted by Crippen LogP contribution is 2.24. The van der Waals surface area contributed by atoms with Gasteiger partial charge in [-0.3, -0.25) is 4.79 Å². The molecule has 0 radical (unpaired) electrons. The van der Waals surface area contributed by atoms with Gasteiger partial charge < -0.3 is 9.30 Å². The molecule has 0 aliphatic carbocycles. The Hall–Kier alpha value is -1.39. The monoisotopic (exact) mass is 252 g/mol. The van der Waals surface area contributed by atoms with E-state index in [-0.39, 0.29) is 0 Å². The first-order valence-corrected chi connectivity index (χ1v) is 5.74. The van der Waals surface area contributed by atoms with Gasteiger partial charge in [-0.05, 0) is 18.6 Å². The number of methoxy groups -OCH3 is 1. The molecule has 0 saturated carbocycles. The Morgan fingerprint density at radius 2 is 2.35 bits per heavy atom. The van der Waals surface area contributed by atoms with Crippen molar-refractivity contribution in [3.63, 3.8) is 0 Å². The van der Waals surface area contributed by atoms with Crippen molar-refractivity contribution in [1.82, 2.24) is 9.55 Å². The van der Waals surface area contributed by atoms with Crippen LogP contribution in [0.4, 0.5) is 0 Å². The topological polar surface area (TPSA) is 44.1 Å². The van der Waals surface area contributed by atoms with Crippen LogP contribution < -0.4 is 0 Å². The van der Waals surface area contributed by atoms with Gasteiger partial charge in [0.15, 0.2) is 12.1 Å². The van der Waals surface area contributed by atoms with Crippen LogP contribution in [0.15, 0.2) is 18.2 Å². The van der Waals surface area contributed by atoms with Gasteiger partial charge in [0.2, 0.25) is 0 Å². The van der Waals surface area contributed by atoms with Crippen molar-refractivity contribution >= 4 is 28.9 Å². The molecule has 0 fully saturated rings. The van der Waals surface area contributed by atoms with E-state index in [0.29, 0.717) is 24.0 Å². The third-order valence-electron chi connectivity index (χ3n) is 2.58. The van der Waals surface area contributed by atoms with Gasteiger partial charge in [-0.25, -0.2) is 4.98 Å². The number of carbonyl (C=O) groups is 1. The van der Waals surface area contributed by atoms with Crippen molar-refractivity contribution in [2.45, 2.75) is 13.0 Å². The molecule has 0 aliphatic heterocycles. The molecule has 90 valence electrons. The highest BCUT2D eigenvalue weighted by Gasteiger charge is 2.12. The van der Waals surface area contributed by atoms with E-state index < -0.39 is 0 Å². The lowest BCUT2D eigenvalue weighted by atomic mass is 10.3. The molecule has 0 atom stereocenters. The zero-order valence-corrected chi connectivity index (χ0v) is 10.3. The van der Waals surface area contributed by atoms with Crippen LogP contribution in [0, 0.1) is 0 Å². The Labute approximate surface area is 104 Å². The van der Waals surface area contributed by atoms with Crippen LogP contribution in [0.25, 0.3) is 11.0 Å². The van der Waals surface area contributed by atoms with E-state index in [9.17, 15) is 4.79 Å². The number of aryl methyl sites for hydroxylation is 1. The van der Waals surface area contributed by atoms with Crippen LogP contribution in [-0.4, -0.2) is 29.6 Å². The summed E-state index contributed by atoms with van der Waals surface area (Å²) in [5.41, 5.74) is 1.56. The smallest absolute Gasteiger partial charge is 0.185 e. The van der Waals surface area contributed by atoms with E-state index in [2.05, 4.69) is 4.98 Å². The minimum absolute atomic E-state index is 0.407. The molecule has 4 nitrogen and oxygen atoms in total. The Kier molecular flexibility index (Phi) is 3.76. The van der Waals surface area contributed by atoms with Crippen molar-refractivity contribution in [1.29, 1.82) is 0 Å². The van der Waals surface area contributed by atoms with Crippen molar-refractivity contribution in [3.05, 3.63) is 29.0 Å². The first-order valence-electron chi connectivity index (χ1n) is 5.36. The summed E-state index contributed by atoms with van der Waals surface area (Å²) in [5, 5.41) is 0.612. The summed E-state index contributed by atoms with van der Waals surface area (Å²) in [5.74, 6) is 0.407. The predicted molar refractivity (Wildman–Crippen MR) is 66.6 cm³/mol. The van der Waals surface area contributed by atoms with Gasteiger partial charge >= 0.3 is 0 Å². The average molecular weight is 253 g/mol. The van der Waals surface area contributed by atoms with Crippen molar-refractivity contribution < 1.29 is 9.53 Å². The van der Waals surface area contributed by atoms with Gasteiger partial charge in [0.25, 0.3) is 0 Å². The van der Waals surface area contributed by atoms with Crippen molar-refractivity contribution in [2.75, 3.05) is 13.7 Å². The molecule has 17 heavy (non-hydrogen) atoms. The van der Waals surface area contributed by atoms with E-state index in [1.807, 2.05) is 16.7 Å². The Balaban J connectivity index is 2.45. The number of halogens is 1. The number of rotatable bonds is 5. The third kappa shape index (κ3) is 2.33. The molecule has 0 amide bonds. The summed E-state index contributed by atoms with van der Waals surface area (Å²) in [6.45, 7) is 1.31. The number of imidazole rings is 1. The lowest BCUT2D eigenvalue weighted by Gasteiger charge is -2.06. The molecule has 2 rings (SSSR count). The minimum atomic E-state index is 0.407. The maximum absolute atomic E-state index is 11.0. The highest BCUT2D eigenvalue weighted by atomic mass is 35.5. The second-order valence-corrected chi connectivity index (χ2v) is 4.10. The molecular weight excluding hydrogens is 240 g/mol. The van der Waals surface area contributed by atoms with Gasteiger partial charge in [-0.2, -0.15) is 0 Å². The summed E-state index contributed by atoms with van der Waals surface area (Å²) >= 11 is 6.14. The zero-order valence-electron chi connectivity index (χ0n) is 9.52. The van der Waals surface area contributed by atoms with E-state index in [0.717, 1.165) is 23.7 Å². The number of nitrogens with zero attached hydrogens (tertiary/aromatic N) is 2. The molecule has 1 aromatic heterocycles. The van der Waals surface area contributed by atoms with Gasteiger partial charge in [0.05, 0.1) is 16.1 Å². The summed E-state index contributed by atoms with van der Waals surface area (Å²) in [6.07, 6.45) is 1.57. The van der Waals surface area contributed by atoms with Crippen LogP contribution in [0.3, 0.4) is 0 Å². The second-order valence-electron chi connectivity index (χ2n) is 3.69. The van der Waals surface area contributed by atoms with Crippen molar-refractivity contribution in [3.8, 4) is 0 Å². The molecule has 0 unspecified atom stereocenters. The van der Waals surface area contributed by atoms with Crippen LogP contribution >= 0.6 is 11.6 Å². The fraction of sp³-hybridized carbons (Fsp3) is 0.333. The molecule has 0 aliphatic rings. The second kappa shape index (κ2) is 5.29. The number of benzene rings is 1. The predicted octanol–water partition coefficient (Wildman–Crippen LogP) is 2.54. The summed E-state index contributed by atoms with van der Waals surface area (Å²) in [4.78, 5) is 15.2. The molecule has 2 aromatic rings. The zero-order chi connectivity index (χ0) is 12.3. The normalized spacial score (nSPS) is 10.9. The molecule has 1 heterocycles. The van der Waals surface area contributed by atoms with E-state index in [4.69, 9.17) is 16.3 Å². The lowest BCUT2D eigenvalue weighted by molar-refractivity contribution is 0.111. The number of para-hydroxylation sites is 1. The molecule has 0 saturated heterocycles. The molecular formula is C12H13ClN2O2. The first kappa shape index (κ1) is 12.1. The van der Waals surface area contributed by atoms with E-state index in [1.54, 1.807) is 13.2 Å². The Bertz CT molecular complexity index is 537. The number of fused-ring (bicyclic) bond motifs is 1. The van der Waals surface area contributed by atoms with Crippen molar-refractivity contribution in [2.24, 2.45) is 0 Å². The number of aldehydes is 1. The van der Waals surface area contributed by atoms with E-state index in [1.165, 1.54) is 0 Å². The number of aromatic nitrogens is 2. The van der Waals surface area contributed by atoms with Gasteiger partial charge in [0.1, 0.15) is 0 Å². The third-order valence-corrected chi connectivity index (χ3v) is 2.89. The standard InChI is InChI=1S/C12H13ClN2O2/c1-17-7-3-6-15-11(8-16)14-10-5-2-4-9(13)12(10)15/h2,4-5,8H,3,6-7H2,1H3. The number of ether oxygens (including phenoxy) is 1. The fourth-order valence-electron chi connectivity index (χ4n) is 1.84. The lowest BCUT2D eigenvalue weighted by Crippen LogP contribution is -2.05. The summed E-state index contributed by atoms with van der Waals surface area (Å²) in [6, 6.07) is 5.47. The summed E-state index contributed by atoms with van der Waals surface area (Å²) < 4.78 is 6.84. The molecule has 5 heteroatoms. The van der Waals surface area contributed by atoms with Crippen LogP contribution in [0.2, 0.25) is 5.02 Å². The van der Waals surface area contributed by atoms with Crippen LogP contribution in [0.5, 0.6) is 0 Å². The Morgan fingerprint density at radius 1 is 1.53 bits per heavy atom. The molecule has 0 N–H and O–H groups in total. The fourth-order valence-corrected chi connectivity index (χ4v) is 2.11. The average Bonchev–Trinajstić information content (AvgIpc) is 2.69. The van der Waals surface area contributed by atoms with Crippen LogP contribution in [0.1, 0.15) is 17.0 Å². The number of hydrogen-bond acceptors (Lipinski definition) is 3. The molecule has 0 bridgehead atoms. The highest BCUT2D eigenvalue weighted by molar-refractivity contribution is 6.35. The van der Waals surface area contributed by atoms with Gasteiger partial charge in [0, 0.05) is 20.3 Å². The maximum atomic E-state index is 11.0. The minimum Gasteiger partial charge on any atom is -0.385 e. The first-order chi connectivity index (χ1) is 8.27. The largest absolute Gasteiger partial charge is 0.385 e. The Morgan fingerprint density at radius 3 is 3.06 bits per heavy atom. The summed E-state index contributed by atoms with van der Waals surface area (Å²) in [7, 11) is 1.65. The van der Waals surface area contributed by atoms with E-state index >= 15 is 0 Å². The molecule has 1 aromatic carbocycles. The quantitative estimate of drug-likeness (QED) is 0.607. The number of hydrogen-bond donors (Lipinski definition) is 0. The molecule has 0 spiro atoms. The van der Waals surface area contributed by atoms with Gasteiger partial charge in [-0.1, -0.05) is 17.7 Å². The number of carbonyl (C=O) groups excluding carboxylic acids is 1. The SMILES string of the molecule is COCCCn1c(C=O)nc2cccc(Cl)c21. The van der Waals surface area contributed by atoms with Gasteiger partial charge in [-0.15, -0.1) is 0 Å². The van der Waals surface area contributed by atoms with Crippen LogP contribution in [-0.2, 0) is 11.3 Å².